The van der Waals surface area contributed by atoms with Crippen LogP contribution in [0.3, 0.4) is 0 Å². The van der Waals surface area contributed by atoms with Crippen molar-refractivity contribution >= 4 is 15.8 Å². The fourth-order valence-electron chi connectivity index (χ4n) is 3.87. The summed E-state index contributed by atoms with van der Waals surface area (Å²) >= 11 is 0. The largest absolute Gasteiger partial charge is 0.478 e. The first kappa shape index (κ1) is 13.6. The highest BCUT2D eigenvalue weighted by atomic mass is 32.2. The molecule has 0 heterocycles. The smallest absolute Gasteiger partial charge is 0.337 e. The second kappa shape index (κ2) is 4.88. The van der Waals surface area contributed by atoms with Crippen LogP contribution in [0.5, 0.6) is 0 Å². The summed E-state index contributed by atoms with van der Waals surface area (Å²) in [6, 6.07) is 5.90. The lowest BCUT2D eigenvalue weighted by Crippen LogP contribution is -2.22. The topological polar surface area (TPSA) is 71.4 Å². The van der Waals surface area contributed by atoms with E-state index in [0.29, 0.717) is 11.8 Å². The van der Waals surface area contributed by atoms with Crippen molar-refractivity contribution in [2.75, 3.05) is 5.75 Å². The summed E-state index contributed by atoms with van der Waals surface area (Å²) in [5, 5.41) is 9.13. The van der Waals surface area contributed by atoms with Crippen molar-refractivity contribution in [1.82, 2.24) is 0 Å². The van der Waals surface area contributed by atoms with Gasteiger partial charge < -0.3 is 5.11 Å². The van der Waals surface area contributed by atoms with E-state index in [1.54, 1.807) is 12.1 Å². The highest BCUT2D eigenvalue weighted by Gasteiger charge is 2.41. The van der Waals surface area contributed by atoms with E-state index in [1.165, 1.54) is 18.6 Å². The summed E-state index contributed by atoms with van der Waals surface area (Å²) in [4.78, 5) is 11.1. The maximum absolute atomic E-state index is 12.5. The van der Waals surface area contributed by atoms with Gasteiger partial charge in [0.25, 0.3) is 0 Å². The van der Waals surface area contributed by atoms with E-state index in [9.17, 15) is 13.2 Å². The molecule has 0 amide bonds. The van der Waals surface area contributed by atoms with Crippen LogP contribution in [0, 0.1) is 17.8 Å². The van der Waals surface area contributed by atoms with Crippen LogP contribution >= 0.6 is 0 Å². The second-order valence-corrected chi connectivity index (χ2v) is 8.02. The molecule has 5 heteroatoms. The van der Waals surface area contributed by atoms with Gasteiger partial charge in [0.15, 0.2) is 9.84 Å². The van der Waals surface area contributed by atoms with E-state index >= 15 is 0 Å². The number of hydrogen-bond donors (Lipinski definition) is 1. The molecule has 3 atom stereocenters. The number of hydrogen-bond acceptors (Lipinski definition) is 3. The normalized spacial score (nSPS) is 28.7. The minimum absolute atomic E-state index is 0.0322. The lowest BCUT2D eigenvalue weighted by molar-refractivity contribution is 0.0692. The number of carboxylic acids is 1. The van der Waals surface area contributed by atoms with E-state index in [-0.39, 0.29) is 22.1 Å². The maximum Gasteiger partial charge on any atom is 0.337 e. The molecule has 0 aromatic heterocycles. The minimum atomic E-state index is -3.52. The number of sulfone groups is 1. The zero-order valence-electron chi connectivity index (χ0n) is 11.2. The highest BCUT2D eigenvalue weighted by molar-refractivity contribution is 7.91. The monoisotopic (exact) mass is 294 g/mol. The lowest BCUT2D eigenvalue weighted by Gasteiger charge is -2.21. The third-order valence-corrected chi connectivity index (χ3v) is 6.66. The van der Waals surface area contributed by atoms with Gasteiger partial charge >= 0.3 is 5.97 Å². The molecular weight excluding hydrogens is 276 g/mol. The van der Waals surface area contributed by atoms with Gasteiger partial charge in [-0.05, 0) is 49.1 Å². The Morgan fingerprint density at radius 2 is 1.95 bits per heavy atom. The molecule has 0 spiro atoms. The lowest BCUT2D eigenvalue weighted by atomic mass is 9.90. The van der Waals surface area contributed by atoms with Crippen molar-refractivity contribution in [1.29, 1.82) is 0 Å². The molecule has 2 fully saturated rings. The van der Waals surface area contributed by atoms with Gasteiger partial charge in [-0.15, -0.1) is 0 Å². The van der Waals surface area contributed by atoms with E-state index in [0.717, 1.165) is 19.3 Å². The first-order chi connectivity index (χ1) is 9.47. The van der Waals surface area contributed by atoms with Crippen molar-refractivity contribution in [3.05, 3.63) is 29.8 Å². The average Bonchev–Trinajstić information content (AvgIpc) is 3.00. The van der Waals surface area contributed by atoms with Gasteiger partial charge in [0, 0.05) is 0 Å². The van der Waals surface area contributed by atoms with Crippen molar-refractivity contribution in [2.24, 2.45) is 17.8 Å². The summed E-state index contributed by atoms with van der Waals surface area (Å²) in [7, 11) is -3.52. The fourth-order valence-corrected chi connectivity index (χ4v) is 5.79. The zero-order valence-corrected chi connectivity index (χ0v) is 12.0. The van der Waals surface area contributed by atoms with Crippen molar-refractivity contribution < 1.29 is 18.3 Å². The summed E-state index contributed by atoms with van der Waals surface area (Å²) in [5.41, 5.74) is -0.115. The van der Waals surface area contributed by atoms with Gasteiger partial charge in [-0.2, -0.15) is 0 Å². The van der Waals surface area contributed by atoms with Crippen molar-refractivity contribution in [3.8, 4) is 0 Å². The Balaban J connectivity index is 1.87. The van der Waals surface area contributed by atoms with Crippen LogP contribution in [0.25, 0.3) is 0 Å². The predicted octanol–water partition coefficient (Wildman–Crippen LogP) is 2.59. The third kappa shape index (κ3) is 2.35. The molecule has 1 aromatic rings. The summed E-state index contributed by atoms with van der Waals surface area (Å²) < 4.78 is 25.1. The Morgan fingerprint density at radius 1 is 1.20 bits per heavy atom. The molecule has 1 aromatic carbocycles. The molecule has 0 saturated heterocycles. The van der Waals surface area contributed by atoms with Crippen LogP contribution in [-0.2, 0) is 9.84 Å². The Kier molecular flexibility index (Phi) is 3.32. The quantitative estimate of drug-likeness (QED) is 0.926. The van der Waals surface area contributed by atoms with E-state index in [2.05, 4.69) is 0 Å². The summed E-state index contributed by atoms with van der Waals surface area (Å²) in [5.74, 6) is 0.331. The molecule has 0 aliphatic heterocycles. The zero-order chi connectivity index (χ0) is 14.3. The molecule has 2 bridgehead atoms. The van der Waals surface area contributed by atoms with Crippen LogP contribution in [0.4, 0.5) is 0 Å². The molecule has 1 N–H and O–H groups in total. The number of carboxylic acid groups (broad SMARTS) is 1. The Morgan fingerprint density at radius 3 is 2.55 bits per heavy atom. The molecule has 20 heavy (non-hydrogen) atoms. The average molecular weight is 294 g/mol. The molecular formula is C15H18O4S. The van der Waals surface area contributed by atoms with Crippen LogP contribution in [0.2, 0.25) is 0 Å². The van der Waals surface area contributed by atoms with Gasteiger partial charge in [0.05, 0.1) is 16.2 Å². The number of carbonyl (C=O) groups is 1. The van der Waals surface area contributed by atoms with Crippen LogP contribution < -0.4 is 0 Å². The van der Waals surface area contributed by atoms with E-state index in [1.807, 2.05) is 0 Å². The molecule has 3 rings (SSSR count). The molecule has 108 valence electrons. The molecule has 2 aliphatic rings. The first-order valence-electron chi connectivity index (χ1n) is 7.02. The molecule has 2 aliphatic carbocycles. The van der Waals surface area contributed by atoms with Gasteiger partial charge in [-0.1, -0.05) is 18.6 Å². The van der Waals surface area contributed by atoms with Crippen LogP contribution in [0.15, 0.2) is 29.2 Å². The number of aromatic carboxylic acids is 1. The van der Waals surface area contributed by atoms with Crippen LogP contribution in [0.1, 0.15) is 36.0 Å². The predicted molar refractivity (Wildman–Crippen MR) is 74.4 cm³/mol. The second-order valence-electron chi connectivity index (χ2n) is 6.02. The van der Waals surface area contributed by atoms with E-state index in [4.69, 9.17) is 5.11 Å². The summed E-state index contributed by atoms with van der Waals surface area (Å²) in [6.45, 7) is 0. The number of rotatable bonds is 4. The third-order valence-electron chi connectivity index (χ3n) is 4.77. The minimum Gasteiger partial charge on any atom is -0.478 e. The molecule has 3 unspecified atom stereocenters. The highest BCUT2D eigenvalue weighted by Crippen LogP contribution is 2.49. The first-order valence-corrected chi connectivity index (χ1v) is 8.67. The molecule has 4 nitrogen and oxygen atoms in total. The molecule has 2 saturated carbocycles. The number of fused-ring (bicyclic) bond motifs is 2. The summed E-state index contributed by atoms with van der Waals surface area (Å²) in [6.07, 6.45) is 4.50. The maximum atomic E-state index is 12.5. The van der Waals surface area contributed by atoms with Gasteiger partial charge in [0.2, 0.25) is 0 Å². The Labute approximate surface area is 118 Å². The SMILES string of the molecule is O=C(O)c1ccccc1S(=O)(=O)CC1CC2CCC1C2. The standard InChI is InChI=1S/C15H18O4S/c16-15(17)13-3-1-2-4-14(13)20(18,19)9-12-8-10-5-6-11(12)7-10/h1-4,10-12H,5-9H2,(H,16,17). The fraction of sp³-hybridized carbons (Fsp3) is 0.533. The Bertz CT molecular complexity index is 635. The van der Waals surface area contributed by atoms with Gasteiger partial charge in [-0.3, -0.25) is 0 Å². The number of benzene rings is 1. The van der Waals surface area contributed by atoms with Gasteiger partial charge in [-0.25, -0.2) is 13.2 Å². The van der Waals surface area contributed by atoms with E-state index < -0.39 is 15.8 Å². The van der Waals surface area contributed by atoms with Crippen LogP contribution in [-0.4, -0.2) is 25.2 Å². The van der Waals surface area contributed by atoms with Crippen molar-refractivity contribution in [3.63, 3.8) is 0 Å². The van der Waals surface area contributed by atoms with Crippen molar-refractivity contribution in [2.45, 2.75) is 30.6 Å². The Hall–Kier alpha value is -1.36. The molecule has 0 radical (unpaired) electrons. The van der Waals surface area contributed by atoms with Gasteiger partial charge in [0.1, 0.15) is 0 Å².